The summed E-state index contributed by atoms with van der Waals surface area (Å²) in [6.07, 6.45) is -3.55. The molecule has 9 nitrogen and oxygen atoms in total. The third kappa shape index (κ3) is 3.52. The third-order valence-corrected chi connectivity index (χ3v) is 8.75. The van der Waals surface area contributed by atoms with Crippen molar-refractivity contribution in [3.05, 3.63) is 93.0 Å². The molecule has 2 fully saturated rings. The first-order valence-corrected chi connectivity index (χ1v) is 13.1. The summed E-state index contributed by atoms with van der Waals surface area (Å²) >= 11 is 0. The Morgan fingerprint density at radius 2 is 1.85 bits per heavy atom. The number of ketones is 1. The third-order valence-electron chi connectivity index (χ3n) is 8.75. The minimum absolute atomic E-state index is 0.0253. The summed E-state index contributed by atoms with van der Waals surface area (Å²) in [5, 5.41) is 14.2. The molecule has 1 spiro atoms. The molecule has 4 aliphatic rings. The first kappa shape index (κ1) is 25.5. The van der Waals surface area contributed by atoms with Crippen LogP contribution in [0.1, 0.15) is 45.8 Å². The summed E-state index contributed by atoms with van der Waals surface area (Å²) < 4.78 is 53.1. The van der Waals surface area contributed by atoms with Gasteiger partial charge >= 0.3 is 6.18 Å². The van der Waals surface area contributed by atoms with E-state index in [9.17, 15) is 32.9 Å². The number of hydrogen-bond donors (Lipinski definition) is 1. The molecule has 0 saturated carbocycles. The second-order valence-electron chi connectivity index (χ2n) is 10.6. The molecule has 3 aromatic carbocycles. The van der Waals surface area contributed by atoms with Crippen LogP contribution in [0.25, 0.3) is 0 Å². The van der Waals surface area contributed by atoms with Gasteiger partial charge in [0, 0.05) is 35.2 Å². The number of non-ortho nitro benzene ring substituents is 1. The number of Topliss-reactive ketones (excluding diaryl/α,β-unsaturated/α-hetero) is 1. The minimum atomic E-state index is -4.75. The van der Waals surface area contributed by atoms with Gasteiger partial charge < -0.3 is 14.8 Å². The molecule has 4 heterocycles. The van der Waals surface area contributed by atoms with Crippen LogP contribution < -0.4 is 14.8 Å². The van der Waals surface area contributed by atoms with Crippen LogP contribution in [0.4, 0.5) is 24.5 Å². The van der Waals surface area contributed by atoms with Crippen molar-refractivity contribution >= 4 is 23.1 Å². The number of carbonyl (C=O) groups is 2. The Labute approximate surface area is 231 Å². The number of rotatable bonds is 4. The molecule has 4 atom stereocenters. The maximum atomic E-state index is 14.6. The zero-order valence-corrected chi connectivity index (χ0v) is 21.3. The average Bonchev–Trinajstić information content (AvgIpc) is 3.71. The van der Waals surface area contributed by atoms with E-state index in [-0.39, 0.29) is 29.3 Å². The van der Waals surface area contributed by atoms with E-state index in [1.54, 1.807) is 12.1 Å². The zero-order chi connectivity index (χ0) is 28.7. The molecule has 3 unspecified atom stereocenters. The quantitative estimate of drug-likeness (QED) is 0.261. The normalized spacial score (nSPS) is 26.2. The molecule has 0 aromatic heterocycles. The van der Waals surface area contributed by atoms with E-state index >= 15 is 0 Å². The number of amides is 1. The van der Waals surface area contributed by atoms with Crippen molar-refractivity contribution in [1.29, 1.82) is 0 Å². The molecule has 4 aliphatic heterocycles. The lowest BCUT2D eigenvalue weighted by Crippen LogP contribution is -2.52. The molecule has 0 bridgehead atoms. The highest BCUT2D eigenvalue weighted by molar-refractivity contribution is 6.13. The number of alkyl halides is 3. The van der Waals surface area contributed by atoms with Crippen LogP contribution in [-0.2, 0) is 16.5 Å². The molecule has 0 radical (unpaired) electrons. The Morgan fingerprint density at radius 3 is 2.63 bits per heavy atom. The maximum Gasteiger partial charge on any atom is 0.418 e. The lowest BCUT2D eigenvalue weighted by Gasteiger charge is -2.37. The van der Waals surface area contributed by atoms with Crippen LogP contribution in [0.2, 0.25) is 0 Å². The van der Waals surface area contributed by atoms with Crippen LogP contribution in [0.5, 0.6) is 11.5 Å². The highest BCUT2D eigenvalue weighted by Gasteiger charge is 2.70. The highest BCUT2D eigenvalue weighted by Crippen LogP contribution is 2.62. The number of para-hydroxylation sites is 1. The topological polar surface area (TPSA) is 111 Å². The van der Waals surface area contributed by atoms with E-state index in [1.165, 1.54) is 42.5 Å². The molecule has 1 amide bonds. The molecular formula is C29H22F3N3O6. The fraction of sp³-hybridized carbons (Fsp3) is 0.310. The number of nitrogens with one attached hydrogen (secondary N) is 1. The monoisotopic (exact) mass is 565 g/mol. The van der Waals surface area contributed by atoms with Crippen molar-refractivity contribution < 1.29 is 37.2 Å². The molecule has 1 N–H and O–H groups in total. The predicted molar refractivity (Wildman–Crippen MR) is 138 cm³/mol. The minimum Gasteiger partial charge on any atom is -0.454 e. The largest absolute Gasteiger partial charge is 0.454 e. The SMILES string of the molecule is O=C(c1ccc2c(c1)OCO2)C1C(c2cccc([N+](=O)[O-])c2)C2CCCN2[C@@]12C(=O)Nc1c(C(F)(F)F)cccc12. The van der Waals surface area contributed by atoms with E-state index in [4.69, 9.17) is 9.47 Å². The van der Waals surface area contributed by atoms with Crippen LogP contribution in [0.15, 0.2) is 60.7 Å². The van der Waals surface area contributed by atoms with E-state index in [1.807, 2.05) is 4.90 Å². The van der Waals surface area contributed by atoms with Gasteiger partial charge in [0.1, 0.15) is 5.54 Å². The van der Waals surface area contributed by atoms with Crippen molar-refractivity contribution in [1.82, 2.24) is 4.90 Å². The van der Waals surface area contributed by atoms with Gasteiger partial charge in [-0.1, -0.05) is 24.3 Å². The van der Waals surface area contributed by atoms with Gasteiger partial charge in [-0.25, -0.2) is 0 Å². The van der Waals surface area contributed by atoms with Gasteiger partial charge in [-0.05, 0) is 49.2 Å². The number of carbonyl (C=O) groups excluding carboxylic acids is 2. The van der Waals surface area contributed by atoms with Gasteiger partial charge in [-0.15, -0.1) is 0 Å². The number of hydrogen-bond acceptors (Lipinski definition) is 7. The fourth-order valence-electron chi connectivity index (χ4n) is 7.27. The van der Waals surface area contributed by atoms with E-state index in [2.05, 4.69) is 5.32 Å². The number of nitro benzene ring substituents is 1. The van der Waals surface area contributed by atoms with Gasteiger partial charge in [0.2, 0.25) is 12.7 Å². The molecule has 0 aliphatic carbocycles. The first-order chi connectivity index (χ1) is 19.6. The van der Waals surface area contributed by atoms with Crippen molar-refractivity contribution in [3.63, 3.8) is 0 Å². The molecular weight excluding hydrogens is 543 g/mol. The van der Waals surface area contributed by atoms with Crippen LogP contribution in [0, 0.1) is 16.0 Å². The van der Waals surface area contributed by atoms with E-state index in [0.717, 1.165) is 6.07 Å². The van der Waals surface area contributed by atoms with Crippen LogP contribution >= 0.6 is 0 Å². The van der Waals surface area contributed by atoms with Gasteiger partial charge in [0.05, 0.1) is 22.1 Å². The smallest absolute Gasteiger partial charge is 0.418 e. The summed E-state index contributed by atoms with van der Waals surface area (Å²) in [5.41, 5.74) is -2.55. The van der Waals surface area contributed by atoms with Gasteiger partial charge in [-0.2, -0.15) is 13.2 Å². The molecule has 7 rings (SSSR count). The number of halogens is 3. The number of nitro groups is 1. The van der Waals surface area contributed by atoms with E-state index in [0.29, 0.717) is 36.4 Å². The van der Waals surface area contributed by atoms with Gasteiger partial charge in [0.25, 0.3) is 5.69 Å². The standard InChI is InChI=1S/C29H22F3N3O6/c30-29(31,32)19-7-2-6-18-25(19)33-27(37)28(18)24(26(36)16-9-10-21-22(13-16)41-14-40-21)23(20-8-3-11-34(20)28)15-4-1-5-17(12-15)35(38)39/h1-2,4-7,9-10,12-13,20,23-24H,3,8,11,14H2,(H,33,37)/t20?,23?,24?,28-/m1/s1. The average molecular weight is 566 g/mol. The molecule has 3 aromatic rings. The second-order valence-corrected chi connectivity index (χ2v) is 10.6. The fourth-order valence-corrected chi connectivity index (χ4v) is 7.27. The molecule has 2 saturated heterocycles. The van der Waals surface area contributed by atoms with Crippen molar-refractivity contribution in [2.45, 2.75) is 36.5 Å². The Kier molecular flexibility index (Phi) is 5.46. The number of fused-ring (bicyclic) bond motifs is 5. The Morgan fingerprint density at radius 1 is 1.07 bits per heavy atom. The van der Waals surface area contributed by atoms with Crippen molar-refractivity contribution in [2.24, 2.45) is 5.92 Å². The number of benzene rings is 3. The van der Waals surface area contributed by atoms with Crippen molar-refractivity contribution in [2.75, 3.05) is 18.7 Å². The Hall–Kier alpha value is -4.45. The van der Waals surface area contributed by atoms with Crippen molar-refractivity contribution in [3.8, 4) is 11.5 Å². The summed E-state index contributed by atoms with van der Waals surface area (Å²) in [6, 6.07) is 13.7. The lowest BCUT2D eigenvalue weighted by molar-refractivity contribution is -0.384. The molecule has 12 heteroatoms. The van der Waals surface area contributed by atoms with E-state index < -0.39 is 51.8 Å². The summed E-state index contributed by atoms with van der Waals surface area (Å²) in [6.45, 7) is 0.340. The molecule has 210 valence electrons. The first-order valence-electron chi connectivity index (χ1n) is 13.1. The highest BCUT2D eigenvalue weighted by atomic mass is 19.4. The maximum absolute atomic E-state index is 14.6. The number of nitrogens with zero attached hydrogens (tertiary/aromatic N) is 2. The Bertz CT molecular complexity index is 1640. The summed E-state index contributed by atoms with van der Waals surface area (Å²) in [5.74, 6) is -2.33. The van der Waals surface area contributed by atoms with Gasteiger partial charge in [0.15, 0.2) is 17.3 Å². The van der Waals surface area contributed by atoms with Gasteiger partial charge in [-0.3, -0.25) is 24.6 Å². The predicted octanol–water partition coefficient (Wildman–Crippen LogP) is 5.25. The zero-order valence-electron chi connectivity index (χ0n) is 21.3. The molecule has 41 heavy (non-hydrogen) atoms. The summed E-state index contributed by atoms with van der Waals surface area (Å²) in [7, 11) is 0. The summed E-state index contributed by atoms with van der Waals surface area (Å²) in [4.78, 5) is 41.7. The number of anilines is 1. The van der Waals surface area contributed by atoms with Crippen LogP contribution in [0.3, 0.4) is 0 Å². The lowest BCUT2D eigenvalue weighted by atomic mass is 9.68. The Balaban J connectivity index is 1.49. The van der Waals surface area contributed by atoms with Crippen LogP contribution in [-0.4, -0.2) is 40.9 Å². The number of ether oxygens (including phenoxy) is 2. The second kappa shape index (κ2) is 8.77.